The highest BCUT2D eigenvalue weighted by atomic mass is 35.5. The van der Waals surface area contributed by atoms with Crippen LogP contribution >= 0.6 is 11.6 Å². The van der Waals surface area contributed by atoms with Gasteiger partial charge in [-0.15, -0.1) is 11.6 Å². The molecule has 0 bridgehead atoms. The average molecular weight is 154 g/mol. The normalized spacial score (nSPS) is 13.0. The Kier molecular flexibility index (Phi) is 2.76. The zero-order chi connectivity index (χ0) is 7.40. The summed E-state index contributed by atoms with van der Waals surface area (Å²) in [5, 5.41) is 0.113. The number of halogens is 1. The van der Waals surface area contributed by atoms with Crippen molar-refractivity contribution in [2.24, 2.45) is 0 Å². The van der Waals surface area contributed by atoms with Crippen LogP contribution in [0.25, 0.3) is 0 Å². The van der Waals surface area contributed by atoms with Crippen LogP contribution in [0.2, 0.25) is 0 Å². The second kappa shape index (κ2) is 3.62. The fourth-order valence-electron chi connectivity index (χ4n) is 0.829. The highest BCUT2D eigenvalue weighted by molar-refractivity contribution is 6.21. The smallest absolute Gasteiger partial charge is 0.0382 e. The molecule has 1 atom stereocenters. The molecule has 0 heterocycles. The molecule has 0 aromatic heterocycles. The van der Waals surface area contributed by atoms with Crippen LogP contribution in [0.1, 0.15) is 12.5 Å². The Morgan fingerprint density at radius 2 is 1.90 bits per heavy atom. The van der Waals surface area contributed by atoms with Crippen LogP contribution in [0.4, 0.5) is 0 Å². The lowest BCUT2D eigenvalue weighted by Crippen LogP contribution is -1.92. The maximum absolute atomic E-state index is 5.76. The molecule has 0 N–H and O–H groups in total. The van der Waals surface area contributed by atoms with Crippen molar-refractivity contribution >= 4 is 11.6 Å². The molecule has 53 valence electrons. The van der Waals surface area contributed by atoms with Crippen LogP contribution in [0, 0.1) is 6.42 Å². The van der Waals surface area contributed by atoms with E-state index in [1.807, 2.05) is 43.7 Å². The van der Waals surface area contributed by atoms with E-state index in [-0.39, 0.29) is 5.38 Å². The Morgan fingerprint density at radius 1 is 1.30 bits per heavy atom. The summed E-state index contributed by atoms with van der Waals surface area (Å²) in [5.41, 5.74) is 1.19. The Bertz CT molecular complexity index is 179. The van der Waals surface area contributed by atoms with Crippen molar-refractivity contribution in [2.75, 3.05) is 0 Å². The molecule has 1 unspecified atom stereocenters. The van der Waals surface area contributed by atoms with Gasteiger partial charge in [0.1, 0.15) is 0 Å². The Morgan fingerprint density at radius 3 is 2.40 bits per heavy atom. The minimum absolute atomic E-state index is 0.113. The first-order valence-electron chi connectivity index (χ1n) is 3.33. The number of alkyl halides is 1. The van der Waals surface area contributed by atoms with Gasteiger partial charge in [0.2, 0.25) is 0 Å². The van der Waals surface area contributed by atoms with Crippen LogP contribution in [0.5, 0.6) is 0 Å². The number of hydrogen-bond acceptors (Lipinski definition) is 0. The molecule has 0 saturated carbocycles. The van der Waals surface area contributed by atoms with E-state index in [2.05, 4.69) is 0 Å². The van der Waals surface area contributed by atoms with Crippen LogP contribution in [0.15, 0.2) is 30.3 Å². The van der Waals surface area contributed by atoms with E-state index in [1.165, 1.54) is 5.56 Å². The van der Waals surface area contributed by atoms with Gasteiger partial charge in [-0.3, -0.25) is 0 Å². The van der Waals surface area contributed by atoms with Crippen LogP contribution in [-0.4, -0.2) is 5.38 Å². The molecule has 0 aliphatic rings. The minimum Gasteiger partial charge on any atom is -0.123 e. The van der Waals surface area contributed by atoms with Gasteiger partial charge in [-0.2, -0.15) is 0 Å². The lowest BCUT2D eigenvalue weighted by Gasteiger charge is -2.00. The van der Waals surface area contributed by atoms with E-state index >= 15 is 0 Å². The van der Waals surface area contributed by atoms with E-state index in [0.29, 0.717) is 0 Å². The SMILES string of the molecule is CC(Cl)[CH]c1ccccc1. The van der Waals surface area contributed by atoms with Gasteiger partial charge in [-0.1, -0.05) is 30.3 Å². The van der Waals surface area contributed by atoms with E-state index in [9.17, 15) is 0 Å². The Balaban J connectivity index is 2.59. The van der Waals surface area contributed by atoms with Gasteiger partial charge in [0.15, 0.2) is 0 Å². The van der Waals surface area contributed by atoms with Crippen molar-refractivity contribution in [3.05, 3.63) is 42.3 Å². The predicted octanol–water partition coefficient (Wildman–Crippen LogP) is 2.87. The average Bonchev–Trinajstić information content (AvgIpc) is 1.88. The summed E-state index contributed by atoms with van der Waals surface area (Å²) < 4.78 is 0. The van der Waals surface area contributed by atoms with E-state index in [4.69, 9.17) is 11.6 Å². The summed E-state index contributed by atoms with van der Waals surface area (Å²) in [6.07, 6.45) is 2.02. The number of benzene rings is 1. The first kappa shape index (κ1) is 7.62. The predicted molar refractivity (Wildman–Crippen MR) is 45.2 cm³/mol. The molecule has 0 spiro atoms. The zero-order valence-electron chi connectivity index (χ0n) is 5.92. The summed E-state index contributed by atoms with van der Waals surface area (Å²) in [5.74, 6) is 0. The van der Waals surface area contributed by atoms with Crippen molar-refractivity contribution in [3.63, 3.8) is 0 Å². The lowest BCUT2D eigenvalue weighted by molar-refractivity contribution is 1.13. The largest absolute Gasteiger partial charge is 0.123 e. The molecule has 0 nitrogen and oxygen atoms in total. The summed E-state index contributed by atoms with van der Waals surface area (Å²) in [4.78, 5) is 0. The molecule has 1 radical (unpaired) electrons. The lowest BCUT2D eigenvalue weighted by atomic mass is 10.1. The minimum atomic E-state index is 0.113. The number of rotatable bonds is 2. The monoisotopic (exact) mass is 153 g/mol. The first-order valence-corrected chi connectivity index (χ1v) is 3.76. The van der Waals surface area contributed by atoms with Crippen molar-refractivity contribution in [2.45, 2.75) is 12.3 Å². The van der Waals surface area contributed by atoms with Gasteiger partial charge in [-0.25, -0.2) is 0 Å². The van der Waals surface area contributed by atoms with Crippen molar-refractivity contribution in [1.82, 2.24) is 0 Å². The Hall–Kier alpha value is -0.490. The molecule has 1 rings (SSSR count). The third-order valence-corrected chi connectivity index (χ3v) is 1.35. The summed E-state index contributed by atoms with van der Waals surface area (Å²) in [7, 11) is 0. The molecular weight excluding hydrogens is 144 g/mol. The van der Waals surface area contributed by atoms with Gasteiger partial charge < -0.3 is 0 Å². The highest BCUT2D eigenvalue weighted by Gasteiger charge is 1.96. The molecule has 0 aliphatic heterocycles. The summed E-state index contributed by atoms with van der Waals surface area (Å²) in [6, 6.07) is 10.1. The van der Waals surface area contributed by atoms with Crippen LogP contribution in [0.3, 0.4) is 0 Å². The summed E-state index contributed by atoms with van der Waals surface area (Å²) in [6.45, 7) is 1.95. The standard InChI is InChI=1S/C9H10Cl/c1-8(10)7-9-5-3-2-4-6-9/h2-8H,1H3. The van der Waals surface area contributed by atoms with Gasteiger partial charge in [0.05, 0.1) is 0 Å². The second-order valence-electron chi connectivity index (χ2n) is 2.25. The molecule has 10 heavy (non-hydrogen) atoms. The maximum Gasteiger partial charge on any atom is 0.0382 e. The van der Waals surface area contributed by atoms with Gasteiger partial charge in [-0.05, 0) is 12.5 Å². The third kappa shape index (κ3) is 2.40. The molecule has 0 amide bonds. The maximum atomic E-state index is 5.76. The van der Waals surface area contributed by atoms with Crippen molar-refractivity contribution in [3.8, 4) is 0 Å². The third-order valence-electron chi connectivity index (χ3n) is 1.22. The topological polar surface area (TPSA) is 0 Å². The van der Waals surface area contributed by atoms with E-state index < -0.39 is 0 Å². The number of hydrogen-bond donors (Lipinski definition) is 0. The van der Waals surface area contributed by atoms with Gasteiger partial charge in [0.25, 0.3) is 0 Å². The molecule has 0 fully saturated rings. The molecule has 0 aliphatic carbocycles. The van der Waals surface area contributed by atoms with Crippen LogP contribution in [-0.2, 0) is 0 Å². The summed E-state index contributed by atoms with van der Waals surface area (Å²) >= 11 is 5.76. The second-order valence-corrected chi connectivity index (χ2v) is 2.94. The van der Waals surface area contributed by atoms with E-state index in [1.54, 1.807) is 0 Å². The fraction of sp³-hybridized carbons (Fsp3) is 0.222. The highest BCUT2D eigenvalue weighted by Crippen LogP contribution is 2.08. The molecular formula is C9H10Cl. The van der Waals surface area contributed by atoms with Gasteiger partial charge >= 0.3 is 0 Å². The van der Waals surface area contributed by atoms with Crippen molar-refractivity contribution in [1.29, 1.82) is 0 Å². The first-order chi connectivity index (χ1) is 4.79. The quantitative estimate of drug-likeness (QED) is 0.574. The van der Waals surface area contributed by atoms with Crippen LogP contribution < -0.4 is 0 Å². The molecule has 0 saturated heterocycles. The molecule has 1 aromatic carbocycles. The van der Waals surface area contributed by atoms with E-state index in [0.717, 1.165) is 0 Å². The molecule has 1 aromatic rings. The Labute approximate surface area is 66.8 Å². The van der Waals surface area contributed by atoms with Gasteiger partial charge in [0, 0.05) is 11.8 Å². The molecule has 1 heteroatoms. The zero-order valence-corrected chi connectivity index (χ0v) is 6.68. The fourth-order valence-corrected chi connectivity index (χ4v) is 0.975. The van der Waals surface area contributed by atoms with Crippen molar-refractivity contribution < 1.29 is 0 Å².